The fraction of sp³-hybridized carbons (Fsp3) is 0.0909. The van der Waals surface area contributed by atoms with Crippen molar-refractivity contribution in [3.05, 3.63) is 42.6 Å². The monoisotopic (exact) mass is 226 g/mol. The zero-order chi connectivity index (χ0) is 11.5. The Morgan fingerprint density at radius 2 is 2.06 bits per heavy atom. The second-order valence-electron chi connectivity index (χ2n) is 3.56. The van der Waals surface area contributed by atoms with Gasteiger partial charge in [-0.25, -0.2) is 9.97 Å². The van der Waals surface area contributed by atoms with Crippen molar-refractivity contribution in [3.63, 3.8) is 0 Å². The summed E-state index contributed by atoms with van der Waals surface area (Å²) >= 11 is 0. The van der Waals surface area contributed by atoms with Crippen LogP contribution >= 0.6 is 0 Å². The standard InChI is InChI=1S/C11H10N6/c1-3-12-4-2-8(1)5-13-10-9-6-16-17-11(9)15-7-14-10/h1-4,6-7H,5H2,(H2,13,14,15,16,17). The first kappa shape index (κ1) is 9.71. The molecule has 84 valence electrons. The smallest absolute Gasteiger partial charge is 0.160 e. The summed E-state index contributed by atoms with van der Waals surface area (Å²) in [5.41, 5.74) is 1.88. The minimum atomic E-state index is 0.694. The van der Waals surface area contributed by atoms with Crippen molar-refractivity contribution >= 4 is 16.9 Å². The number of hydrogen-bond acceptors (Lipinski definition) is 5. The molecule has 3 heterocycles. The van der Waals surface area contributed by atoms with Crippen molar-refractivity contribution in [2.24, 2.45) is 0 Å². The number of H-pyrrole nitrogens is 1. The third kappa shape index (κ3) is 1.92. The third-order valence-electron chi connectivity index (χ3n) is 2.46. The van der Waals surface area contributed by atoms with Gasteiger partial charge in [-0.05, 0) is 17.7 Å². The number of rotatable bonds is 3. The van der Waals surface area contributed by atoms with Gasteiger partial charge in [0.15, 0.2) is 5.65 Å². The first-order chi connectivity index (χ1) is 8.43. The van der Waals surface area contributed by atoms with Gasteiger partial charge in [0.2, 0.25) is 0 Å². The van der Waals surface area contributed by atoms with Crippen molar-refractivity contribution in [2.45, 2.75) is 6.54 Å². The summed E-state index contributed by atoms with van der Waals surface area (Å²) in [6, 6.07) is 3.92. The Kier molecular flexibility index (Phi) is 2.38. The molecule has 3 aromatic rings. The summed E-state index contributed by atoms with van der Waals surface area (Å²) in [6.45, 7) is 0.694. The van der Waals surface area contributed by atoms with E-state index in [1.807, 2.05) is 12.1 Å². The van der Waals surface area contributed by atoms with Gasteiger partial charge < -0.3 is 5.32 Å². The Bertz CT molecular complexity index is 618. The number of nitrogens with zero attached hydrogens (tertiary/aromatic N) is 4. The van der Waals surface area contributed by atoms with E-state index in [0.29, 0.717) is 6.54 Å². The fourth-order valence-corrected chi connectivity index (χ4v) is 1.59. The van der Waals surface area contributed by atoms with Crippen molar-refractivity contribution in [1.29, 1.82) is 0 Å². The second kappa shape index (κ2) is 4.17. The third-order valence-corrected chi connectivity index (χ3v) is 2.46. The first-order valence-electron chi connectivity index (χ1n) is 5.20. The number of fused-ring (bicyclic) bond motifs is 1. The van der Waals surface area contributed by atoms with Crippen molar-refractivity contribution in [1.82, 2.24) is 25.1 Å². The van der Waals surface area contributed by atoms with Crippen LogP contribution in [0.4, 0.5) is 5.82 Å². The number of anilines is 1. The van der Waals surface area contributed by atoms with E-state index in [4.69, 9.17) is 0 Å². The van der Waals surface area contributed by atoms with Crippen LogP contribution in [0.15, 0.2) is 37.1 Å². The molecule has 0 radical (unpaired) electrons. The van der Waals surface area contributed by atoms with Crippen molar-refractivity contribution in [2.75, 3.05) is 5.32 Å². The quantitative estimate of drug-likeness (QED) is 0.705. The molecule has 0 aromatic carbocycles. The molecule has 0 saturated carbocycles. The molecular weight excluding hydrogens is 216 g/mol. The van der Waals surface area contributed by atoms with E-state index >= 15 is 0 Å². The van der Waals surface area contributed by atoms with Crippen molar-refractivity contribution < 1.29 is 0 Å². The molecule has 3 rings (SSSR count). The normalized spacial score (nSPS) is 10.6. The van der Waals surface area contributed by atoms with E-state index in [1.54, 1.807) is 18.6 Å². The summed E-state index contributed by atoms with van der Waals surface area (Å²) in [5.74, 6) is 0.778. The second-order valence-corrected chi connectivity index (χ2v) is 3.56. The minimum Gasteiger partial charge on any atom is -0.365 e. The lowest BCUT2D eigenvalue weighted by Crippen LogP contribution is -2.02. The highest BCUT2D eigenvalue weighted by atomic mass is 15.2. The number of pyridine rings is 1. The van der Waals surface area contributed by atoms with E-state index in [1.165, 1.54) is 6.33 Å². The Hall–Kier alpha value is -2.50. The van der Waals surface area contributed by atoms with Crippen LogP contribution in [0.1, 0.15) is 5.56 Å². The van der Waals surface area contributed by atoms with E-state index < -0.39 is 0 Å². The summed E-state index contributed by atoms with van der Waals surface area (Å²) in [4.78, 5) is 12.2. The first-order valence-corrected chi connectivity index (χ1v) is 5.20. The maximum absolute atomic E-state index is 4.20. The molecule has 0 saturated heterocycles. The molecule has 0 spiro atoms. The van der Waals surface area contributed by atoms with Gasteiger partial charge in [-0.2, -0.15) is 5.10 Å². The van der Waals surface area contributed by atoms with Crippen LogP contribution in [-0.2, 0) is 6.54 Å². The molecule has 6 nitrogen and oxygen atoms in total. The van der Waals surface area contributed by atoms with E-state index in [9.17, 15) is 0 Å². The zero-order valence-corrected chi connectivity index (χ0v) is 8.96. The molecule has 0 aliphatic rings. The highest BCUT2D eigenvalue weighted by molar-refractivity contribution is 5.85. The van der Waals surface area contributed by atoms with Crippen LogP contribution in [0.3, 0.4) is 0 Å². The van der Waals surface area contributed by atoms with Gasteiger partial charge in [-0.3, -0.25) is 10.1 Å². The lowest BCUT2D eigenvalue weighted by Gasteiger charge is -2.05. The molecule has 3 aromatic heterocycles. The number of aromatic amines is 1. The van der Waals surface area contributed by atoms with Gasteiger partial charge in [0.1, 0.15) is 12.1 Å². The lowest BCUT2D eigenvalue weighted by atomic mass is 10.2. The Morgan fingerprint density at radius 1 is 1.18 bits per heavy atom. The molecule has 2 N–H and O–H groups in total. The SMILES string of the molecule is c1cc(CNc2ncnc3[nH]ncc23)ccn1. The lowest BCUT2D eigenvalue weighted by molar-refractivity contribution is 1.07. The van der Waals surface area contributed by atoms with E-state index in [2.05, 4.69) is 30.5 Å². The molecule has 0 atom stereocenters. The van der Waals surface area contributed by atoms with Crippen LogP contribution < -0.4 is 5.32 Å². The topological polar surface area (TPSA) is 79.4 Å². The molecular formula is C11H10N6. The van der Waals surface area contributed by atoms with Gasteiger partial charge in [0, 0.05) is 18.9 Å². The van der Waals surface area contributed by atoms with Gasteiger partial charge in [-0.1, -0.05) is 0 Å². The fourth-order valence-electron chi connectivity index (χ4n) is 1.59. The maximum atomic E-state index is 4.20. The summed E-state index contributed by atoms with van der Waals surface area (Å²) in [7, 11) is 0. The van der Waals surface area contributed by atoms with E-state index in [-0.39, 0.29) is 0 Å². The molecule has 6 heteroatoms. The van der Waals surface area contributed by atoms with Crippen LogP contribution in [0.2, 0.25) is 0 Å². The highest BCUT2D eigenvalue weighted by Gasteiger charge is 2.04. The average Bonchev–Trinajstić information content (AvgIpc) is 2.86. The highest BCUT2D eigenvalue weighted by Crippen LogP contribution is 2.16. The number of hydrogen-bond donors (Lipinski definition) is 2. The van der Waals surface area contributed by atoms with Crippen LogP contribution in [0, 0.1) is 0 Å². The predicted octanol–water partition coefficient (Wildman–Crippen LogP) is 1.36. The number of aromatic nitrogens is 5. The molecule has 0 unspecified atom stereocenters. The Labute approximate surface area is 97.1 Å². The summed E-state index contributed by atoms with van der Waals surface area (Å²) in [6.07, 6.45) is 6.76. The minimum absolute atomic E-state index is 0.694. The van der Waals surface area contributed by atoms with Crippen LogP contribution in [-0.4, -0.2) is 25.1 Å². The molecule has 0 bridgehead atoms. The molecule has 0 amide bonds. The molecule has 0 aliphatic carbocycles. The Balaban J connectivity index is 1.84. The van der Waals surface area contributed by atoms with Crippen molar-refractivity contribution in [3.8, 4) is 0 Å². The van der Waals surface area contributed by atoms with Gasteiger partial charge in [0.25, 0.3) is 0 Å². The van der Waals surface area contributed by atoms with Crippen LogP contribution in [0.5, 0.6) is 0 Å². The molecule has 0 aliphatic heterocycles. The largest absolute Gasteiger partial charge is 0.365 e. The molecule has 17 heavy (non-hydrogen) atoms. The van der Waals surface area contributed by atoms with Gasteiger partial charge in [-0.15, -0.1) is 0 Å². The Morgan fingerprint density at radius 3 is 2.94 bits per heavy atom. The number of nitrogens with one attached hydrogen (secondary N) is 2. The maximum Gasteiger partial charge on any atom is 0.160 e. The average molecular weight is 226 g/mol. The zero-order valence-electron chi connectivity index (χ0n) is 8.96. The van der Waals surface area contributed by atoms with E-state index in [0.717, 1.165) is 22.4 Å². The van der Waals surface area contributed by atoms with Gasteiger partial charge in [0.05, 0.1) is 11.6 Å². The predicted molar refractivity (Wildman–Crippen MR) is 63.2 cm³/mol. The molecule has 0 fully saturated rings. The van der Waals surface area contributed by atoms with Crippen LogP contribution in [0.25, 0.3) is 11.0 Å². The summed E-state index contributed by atoms with van der Waals surface area (Å²) < 4.78 is 0. The summed E-state index contributed by atoms with van der Waals surface area (Å²) in [5, 5.41) is 10.9. The van der Waals surface area contributed by atoms with Gasteiger partial charge >= 0.3 is 0 Å².